The van der Waals surface area contributed by atoms with Crippen molar-refractivity contribution >= 4 is 11.1 Å². The fourth-order valence-corrected chi connectivity index (χ4v) is 3.71. The van der Waals surface area contributed by atoms with Crippen LogP contribution in [0.5, 0.6) is 0 Å². The van der Waals surface area contributed by atoms with E-state index < -0.39 is 0 Å². The van der Waals surface area contributed by atoms with Crippen molar-refractivity contribution in [1.29, 1.82) is 5.26 Å². The molecule has 3 rings (SSSR count). The van der Waals surface area contributed by atoms with Crippen molar-refractivity contribution in [3.05, 3.63) is 107 Å². The first-order valence-corrected chi connectivity index (χ1v) is 10.2. The first-order valence-electron chi connectivity index (χ1n) is 10.2. The van der Waals surface area contributed by atoms with E-state index in [1.807, 2.05) is 30.3 Å². The molecule has 0 amide bonds. The highest BCUT2D eigenvalue weighted by Gasteiger charge is 2.15. The minimum absolute atomic E-state index is 0.694. The Morgan fingerprint density at radius 2 is 1.13 bits per heavy atom. The van der Waals surface area contributed by atoms with E-state index in [9.17, 15) is 5.26 Å². The van der Waals surface area contributed by atoms with Gasteiger partial charge < -0.3 is 9.80 Å². The van der Waals surface area contributed by atoms with E-state index >= 15 is 0 Å². The number of rotatable bonds is 7. The van der Waals surface area contributed by atoms with Crippen LogP contribution in [0.1, 0.15) is 27.8 Å². The summed E-state index contributed by atoms with van der Waals surface area (Å²) >= 11 is 0. The van der Waals surface area contributed by atoms with E-state index in [-0.39, 0.29) is 0 Å². The van der Waals surface area contributed by atoms with Crippen molar-refractivity contribution in [2.75, 3.05) is 28.2 Å². The van der Waals surface area contributed by atoms with E-state index in [0.29, 0.717) is 5.57 Å². The molecule has 0 aliphatic heterocycles. The van der Waals surface area contributed by atoms with Gasteiger partial charge in [-0.3, -0.25) is 0 Å². The van der Waals surface area contributed by atoms with Crippen molar-refractivity contribution in [1.82, 2.24) is 9.80 Å². The Labute approximate surface area is 180 Å². The zero-order chi connectivity index (χ0) is 21.5. The van der Waals surface area contributed by atoms with Gasteiger partial charge in [-0.1, -0.05) is 66.7 Å². The predicted octanol–water partition coefficient (Wildman–Crippen LogP) is 5.29. The normalized spacial score (nSPS) is 10.8. The fraction of sp³-hybridized carbons (Fsp3) is 0.222. The first-order chi connectivity index (χ1) is 14.5. The summed E-state index contributed by atoms with van der Waals surface area (Å²) in [5.41, 5.74) is 7.19. The number of nitriles is 1. The molecule has 0 aliphatic rings. The van der Waals surface area contributed by atoms with Gasteiger partial charge in [-0.05, 0) is 68.1 Å². The standard InChI is InChI=1S/C27H29N3/c1-29(2)19-21-10-8-14-24(16-21)27(26(18-28)23-12-6-5-7-13-23)25-15-9-11-22(17-25)20-30(3)4/h5-17H,19-20H2,1-4H3. The van der Waals surface area contributed by atoms with Gasteiger partial charge in [0.25, 0.3) is 0 Å². The molecule has 30 heavy (non-hydrogen) atoms. The zero-order valence-corrected chi connectivity index (χ0v) is 18.3. The van der Waals surface area contributed by atoms with Crippen LogP contribution in [0.15, 0.2) is 78.9 Å². The molecule has 0 aromatic heterocycles. The van der Waals surface area contributed by atoms with Gasteiger partial charge in [0.05, 0.1) is 5.57 Å². The number of hydrogen-bond acceptors (Lipinski definition) is 3. The molecule has 0 heterocycles. The average Bonchev–Trinajstić information content (AvgIpc) is 2.72. The highest BCUT2D eigenvalue weighted by molar-refractivity contribution is 6.03. The van der Waals surface area contributed by atoms with E-state index in [1.165, 1.54) is 11.1 Å². The molecule has 3 nitrogen and oxygen atoms in total. The molecule has 0 N–H and O–H groups in total. The van der Waals surface area contributed by atoms with Crippen LogP contribution in [0.3, 0.4) is 0 Å². The van der Waals surface area contributed by atoms with Crippen molar-refractivity contribution in [2.45, 2.75) is 13.1 Å². The molecule has 0 fully saturated rings. The lowest BCUT2D eigenvalue weighted by Gasteiger charge is -2.17. The summed E-state index contributed by atoms with van der Waals surface area (Å²) in [7, 11) is 8.27. The lowest BCUT2D eigenvalue weighted by atomic mass is 9.88. The van der Waals surface area contributed by atoms with E-state index in [2.05, 4.69) is 92.6 Å². The molecule has 3 aromatic rings. The third kappa shape index (κ3) is 5.45. The van der Waals surface area contributed by atoms with Gasteiger partial charge in [-0.25, -0.2) is 0 Å². The maximum atomic E-state index is 10.2. The Bertz CT molecular complexity index is 1000. The van der Waals surface area contributed by atoms with Crippen molar-refractivity contribution in [2.24, 2.45) is 0 Å². The third-order valence-corrected chi connectivity index (χ3v) is 4.85. The van der Waals surface area contributed by atoms with Gasteiger partial charge in [0.15, 0.2) is 0 Å². The molecule has 0 radical (unpaired) electrons. The van der Waals surface area contributed by atoms with Gasteiger partial charge >= 0.3 is 0 Å². The zero-order valence-electron chi connectivity index (χ0n) is 18.3. The Balaban J connectivity index is 2.23. The second-order valence-corrected chi connectivity index (χ2v) is 8.10. The van der Waals surface area contributed by atoms with Gasteiger partial charge in [-0.15, -0.1) is 0 Å². The molecule has 0 saturated heterocycles. The third-order valence-electron chi connectivity index (χ3n) is 4.85. The Kier molecular flexibility index (Phi) is 7.19. The molecule has 152 valence electrons. The second-order valence-electron chi connectivity index (χ2n) is 8.10. The number of hydrogen-bond donors (Lipinski definition) is 0. The summed E-state index contributed by atoms with van der Waals surface area (Å²) in [6.45, 7) is 1.71. The van der Waals surface area contributed by atoms with E-state index in [1.54, 1.807) is 0 Å². The topological polar surface area (TPSA) is 30.3 Å². The van der Waals surface area contributed by atoms with Crippen molar-refractivity contribution in [3.8, 4) is 6.07 Å². The maximum Gasteiger partial charge on any atom is 0.100 e. The molecule has 0 bridgehead atoms. The van der Waals surface area contributed by atoms with Crippen LogP contribution >= 0.6 is 0 Å². The minimum Gasteiger partial charge on any atom is -0.305 e. The Morgan fingerprint density at radius 3 is 1.57 bits per heavy atom. The van der Waals surface area contributed by atoms with E-state index in [4.69, 9.17) is 0 Å². The molecule has 0 saturated carbocycles. The van der Waals surface area contributed by atoms with Crippen LogP contribution in [-0.2, 0) is 13.1 Å². The molecule has 0 aliphatic carbocycles. The lowest BCUT2D eigenvalue weighted by Crippen LogP contribution is -2.11. The smallest absolute Gasteiger partial charge is 0.100 e. The quantitative estimate of drug-likeness (QED) is 0.402. The molecular formula is C27H29N3. The summed E-state index contributed by atoms with van der Waals surface area (Å²) in [5.74, 6) is 0. The van der Waals surface area contributed by atoms with Crippen LogP contribution in [0.25, 0.3) is 11.1 Å². The summed E-state index contributed by atoms with van der Waals surface area (Å²) in [6, 6.07) is 29.5. The van der Waals surface area contributed by atoms with Crippen LogP contribution in [0, 0.1) is 11.3 Å². The van der Waals surface area contributed by atoms with Crippen LogP contribution < -0.4 is 0 Å². The van der Waals surface area contributed by atoms with Crippen molar-refractivity contribution < 1.29 is 0 Å². The van der Waals surface area contributed by atoms with Gasteiger partial charge in [-0.2, -0.15) is 5.26 Å². The number of nitrogens with zero attached hydrogens (tertiary/aromatic N) is 3. The van der Waals surface area contributed by atoms with Crippen LogP contribution in [0.4, 0.5) is 0 Å². The largest absolute Gasteiger partial charge is 0.305 e. The fourth-order valence-electron chi connectivity index (χ4n) is 3.71. The summed E-state index contributed by atoms with van der Waals surface area (Å²) < 4.78 is 0. The van der Waals surface area contributed by atoms with Gasteiger partial charge in [0, 0.05) is 18.7 Å². The molecule has 3 heteroatoms. The Morgan fingerprint density at radius 1 is 0.667 bits per heavy atom. The van der Waals surface area contributed by atoms with E-state index in [0.717, 1.165) is 35.4 Å². The first kappa shape index (κ1) is 21.5. The maximum absolute atomic E-state index is 10.2. The molecule has 3 aromatic carbocycles. The highest BCUT2D eigenvalue weighted by Crippen LogP contribution is 2.33. The molecule has 0 spiro atoms. The lowest BCUT2D eigenvalue weighted by molar-refractivity contribution is 0.402. The Hall–Kier alpha value is -3.19. The number of benzene rings is 3. The van der Waals surface area contributed by atoms with Crippen molar-refractivity contribution in [3.63, 3.8) is 0 Å². The summed E-state index contributed by atoms with van der Waals surface area (Å²) in [4.78, 5) is 4.31. The average molecular weight is 396 g/mol. The summed E-state index contributed by atoms with van der Waals surface area (Å²) in [6.07, 6.45) is 0. The molecule has 0 atom stereocenters. The van der Waals surface area contributed by atoms with Crippen LogP contribution in [0.2, 0.25) is 0 Å². The highest BCUT2D eigenvalue weighted by atomic mass is 15.1. The van der Waals surface area contributed by atoms with Gasteiger partial charge in [0.2, 0.25) is 0 Å². The predicted molar refractivity (Wildman–Crippen MR) is 126 cm³/mol. The molecule has 0 unspecified atom stereocenters. The molecular weight excluding hydrogens is 366 g/mol. The summed E-state index contributed by atoms with van der Waals surface area (Å²) in [5, 5.41) is 10.2. The minimum atomic E-state index is 0.694. The number of allylic oxidation sites excluding steroid dienone is 1. The van der Waals surface area contributed by atoms with Gasteiger partial charge in [0.1, 0.15) is 6.07 Å². The van der Waals surface area contributed by atoms with Crippen LogP contribution in [-0.4, -0.2) is 38.0 Å². The second kappa shape index (κ2) is 10.0. The monoisotopic (exact) mass is 395 g/mol. The SMILES string of the molecule is CN(C)Cc1cccc(C(=C(C#N)c2ccccc2)c2cccc(CN(C)C)c2)c1.